The fraction of sp³-hybridized carbons (Fsp3) is 0.261. The molecule has 0 saturated heterocycles. The summed E-state index contributed by atoms with van der Waals surface area (Å²) in [6.45, 7) is 5.92. The molecule has 1 N–H and O–H groups in total. The number of ketones is 1. The molecule has 2 aromatic carbocycles. The van der Waals surface area contributed by atoms with Crippen LogP contribution in [0.15, 0.2) is 42.5 Å². The van der Waals surface area contributed by atoms with Gasteiger partial charge in [-0.15, -0.1) is 0 Å². The minimum absolute atomic E-state index is 0.0997. The largest absolute Gasteiger partial charge is 0.497 e. The summed E-state index contributed by atoms with van der Waals surface area (Å²) in [5.41, 5.74) is 5.12. The lowest BCUT2D eigenvalue weighted by molar-refractivity contribution is -0.116. The molecule has 1 aromatic heterocycles. The van der Waals surface area contributed by atoms with Crippen LogP contribution in [0.5, 0.6) is 5.75 Å². The smallest absolute Gasteiger partial charge is 0.226 e. The van der Waals surface area contributed by atoms with Gasteiger partial charge in [0.2, 0.25) is 5.91 Å². The third kappa shape index (κ3) is 3.31. The number of aromatic nitrogens is 2. The third-order valence-corrected chi connectivity index (χ3v) is 5.35. The lowest BCUT2D eigenvalue weighted by atomic mass is 9.85. The van der Waals surface area contributed by atoms with Gasteiger partial charge in [-0.3, -0.25) is 9.59 Å². The summed E-state index contributed by atoms with van der Waals surface area (Å²) in [4.78, 5) is 25.8. The number of rotatable bonds is 4. The van der Waals surface area contributed by atoms with Crippen LogP contribution in [0.25, 0.3) is 5.69 Å². The predicted molar refractivity (Wildman–Crippen MR) is 111 cm³/mol. The Morgan fingerprint density at radius 2 is 1.97 bits per heavy atom. The Morgan fingerprint density at radius 1 is 1.17 bits per heavy atom. The van der Waals surface area contributed by atoms with Crippen LogP contribution in [0.3, 0.4) is 0 Å². The Labute approximate surface area is 169 Å². The molecule has 1 atom stereocenters. The summed E-state index contributed by atoms with van der Waals surface area (Å²) in [5.74, 6) is 0.310. The molecule has 2 heterocycles. The second kappa shape index (κ2) is 7.20. The van der Waals surface area contributed by atoms with E-state index in [1.165, 1.54) is 0 Å². The Morgan fingerprint density at radius 3 is 2.69 bits per heavy atom. The molecule has 0 spiro atoms. The van der Waals surface area contributed by atoms with Crippen LogP contribution in [0.4, 0.5) is 5.82 Å². The number of aryl methyl sites for hydroxylation is 3. The summed E-state index contributed by atoms with van der Waals surface area (Å²) >= 11 is 0. The van der Waals surface area contributed by atoms with Crippen molar-refractivity contribution in [1.29, 1.82) is 0 Å². The molecule has 3 aromatic rings. The summed E-state index contributed by atoms with van der Waals surface area (Å²) in [6.07, 6.45) is 0.0997. The van der Waals surface area contributed by atoms with E-state index in [-0.39, 0.29) is 18.1 Å². The second-order valence-corrected chi connectivity index (χ2v) is 7.45. The van der Waals surface area contributed by atoms with Crippen molar-refractivity contribution in [2.75, 3.05) is 12.4 Å². The molecule has 148 valence electrons. The van der Waals surface area contributed by atoms with Gasteiger partial charge < -0.3 is 10.1 Å². The zero-order valence-corrected chi connectivity index (χ0v) is 16.9. The average Bonchev–Trinajstić information content (AvgIpc) is 3.03. The van der Waals surface area contributed by atoms with Crippen LogP contribution in [-0.4, -0.2) is 28.6 Å². The van der Waals surface area contributed by atoms with E-state index in [2.05, 4.69) is 16.5 Å². The zero-order chi connectivity index (χ0) is 20.7. The van der Waals surface area contributed by atoms with Crippen molar-refractivity contribution in [3.63, 3.8) is 0 Å². The first-order chi connectivity index (χ1) is 13.9. The fourth-order valence-electron chi connectivity index (χ4n) is 3.97. The normalized spacial score (nSPS) is 15.6. The lowest BCUT2D eigenvalue weighted by Crippen LogP contribution is -2.28. The predicted octanol–water partition coefficient (Wildman–Crippen LogP) is 4.11. The maximum Gasteiger partial charge on any atom is 0.226 e. The first-order valence-corrected chi connectivity index (χ1v) is 9.54. The van der Waals surface area contributed by atoms with Crippen LogP contribution < -0.4 is 10.1 Å². The number of fused-ring (bicyclic) bond motifs is 1. The van der Waals surface area contributed by atoms with Crippen molar-refractivity contribution in [2.24, 2.45) is 0 Å². The number of carbonyl (C=O) groups is 2. The van der Waals surface area contributed by atoms with Gasteiger partial charge in [-0.1, -0.05) is 29.8 Å². The highest BCUT2D eigenvalue weighted by Gasteiger charge is 2.36. The van der Waals surface area contributed by atoms with Crippen LogP contribution in [0.2, 0.25) is 0 Å². The van der Waals surface area contributed by atoms with Gasteiger partial charge in [-0.2, -0.15) is 5.10 Å². The van der Waals surface area contributed by atoms with Gasteiger partial charge >= 0.3 is 0 Å². The fourth-order valence-corrected chi connectivity index (χ4v) is 3.97. The van der Waals surface area contributed by atoms with Crippen molar-refractivity contribution >= 4 is 17.5 Å². The standard InChI is InChI=1S/C23H23N3O3/c1-13-8-9-19(14(2)10-13)26-23-21(15(3)25-26)18(12-20(27)24-23)22(28)16-6-5-7-17(11-16)29-4/h5-11,18H,12H2,1-4H3,(H,24,27)/t18-/m0/s1. The van der Waals surface area contributed by atoms with E-state index >= 15 is 0 Å². The Bertz CT molecular complexity index is 1130. The molecule has 6 nitrogen and oxygen atoms in total. The van der Waals surface area contributed by atoms with Crippen molar-refractivity contribution in [1.82, 2.24) is 9.78 Å². The molecular formula is C23H23N3O3. The highest BCUT2D eigenvalue weighted by Crippen LogP contribution is 2.39. The van der Waals surface area contributed by atoms with Gasteiger partial charge in [0.15, 0.2) is 5.78 Å². The monoisotopic (exact) mass is 389 g/mol. The molecule has 0 unspecified atom stereocenters. The number of ether oxygens (including phenoxy) is 1. The summed E-state index contributed by atoms with van der Waals surface area (Å²) in [6, 6.07) is 13.1. The first-order valence-electron chi connectivity index (χ1n) is 9.54. The van der Waals surface area contributed by atoms with Gasteiger partial charge in [0.1, 0.15) is 11.6 Å². The van der Waals surface area contributed by atoms with Gasteiger partial charge in [0.05, 0.1) is 24.4 Å². The molecule has 1 amide bonds. The van der Waals surface area contributed by atoms with Crippen LogP contribution in [0.1, 0.15) is 45.1 Å². The number of hydrogen-bond acceptors (Lipinski definition) is 4. The molecule has 0 fully saturated rings. The number of benzene rings is 2. The van der Waals surface area contributed by atoms with Gasteiger partial charge in [-0.05, 0) is 44.5 Å². The van der Waals surface area contributed by atoms with Crippen molar-refractivity contribution in [3.8, 4) is 11.4 Å². The number of amides is 1. The molecule has 29 heavy (non-hydrogen) atoms. The van der Waals surface area contributed by atoms with E-state index in [9.17, 15) is 9.59 Å². The number of carbonyl (C=O) groups excluding carboxylic acids is 2. The molecule has 1 aliphatic heterocycles. The summed E-state index contributed by atoms with van der Waals surface area (Å²) < 4.78 is 6.98. The molecule has 1 aliphatic rings. The SMILES string of the molecule is COc1cccc(C(=O)[C@H]2CC(=O)Nc3c2c(C)nn3-c2ccc(C)cc2C)c1. The summed E-state index contributed by atoms with van der Waals surface area (Å²) in [5, 5.41) is 7.61. The Kier molecular flexibility index (Phi) is 4.70. The Hall–Kier alpha value is -3.41. The minimum atomic E-state index is -0.578. The molecule has 0 saturated carbocycles. The van der Waals surface area contributed by atoms with Gasteiger partial charge in [-0.25, -0.2) is 4.68 Å². The number of Topliss-reactive ketones (excluding diaryl/α,β-unsaturated/α-hetero) is 1. The highest BCUT2D eigenvalue weighted by atomic mass is 16.5. The van der Waals surface area contributed by atoms with E-state index in [1.54, 1.807) is 36.1 Å². The number of nitrogens with zero attached hydrogens (tertiary/aromatic N) is 2. The van der Waals surface area contributed by atoms with Crippen molar-refractivity contribution < 1.29 is 14.3 Å². The first kappa shape index (κ1) is 18.9. The van der Waals surface area contributed by atoms with E-state index in [0.717, 1.165) is 28.1 Å². The number of nitrogens with one attached hydrogen (secondary N) is 1. The molecule has 4 rings (SSSR count). The second-order valence-electron chi connectivity index (χ2n) is 7.45. The van der Waals surface area contributed by atoms with Crippen molar-refractivity contribution in [3.05, 3.63) is 70.4 Å². The van der Waals surface area contributed by atoms with E-state index in [1.807, 2.05) is 32.9 Å². The molecule has 0 bridgehead atoms. The number of methoxy groups -OCH3 is 1. The van der Waals surface area contributed by atoms with E-state index in [0.29, 0.717) is 17.1 Å². The Balaban J connectivity index is 1.82. The summed E-state index contributed by atoms with van der Waals surface area (Å²) in [7, 11) is 1.56. The average molecular weight is 389 g/mol. The van der Waals surface area contributed by atoms with Crippen molar-refractivity contribution in [2.45, 2.75) is 33.1 Å². The van der Waals surface area contributed by atoms with Crippen LogP contribution >= 0.6 is 0 Å². The van der Waals surface area contributed by atoms with E-state index in [4.69, 9.17) is 4.74 Å². The quantitative estimate of drug-likeness (QED) is 0.682. The highest BCUT2D eigenvalue weighted by molar-refractivity contribution is 6.08. The topological polar surface area (TPSA) is 73.2 Å². The number of hydrogen-bond donors (Lipinski definition) is 1. The molecule has 0 aliphatic carbocycles. The third-order valence-electron chi connectivity index (χ3n) is 5.35. The van der Waals surface area contributed by atoms with E-state index < -0.39 is 5.92 Å². The molecule has 6 heteroatoms. The zero-order valence-electron chi connectivity index (χ0n) is 16.9. The van der Waals surface area contributed by atoms with Gasteiger partial charge in [0.25, 0.3) is 0 Å². The lowest BCUT2D eigenvalue weighted by Gasteiger charge is -2.23. The number of anilines is 1. The van der Waals surface area contributed by atoms with Crippen LogP contribution in [0, 0.1) is 20.8 Å². The molecule has 0 radical (unpaired) electrons. The van der Waals surface area contributed by atoms with Crippen LogP contribution in [-0.2, 0) is 4.79 Å². The van der Waals surface area contributed by atoms with Gasteiger partial charge in [0, 0.05) is 17.5 Å². The maximum atomic E-state index is 13.3. The maximum absolute atomic E-state index is 13.3. The molecular weight excluding hydrogens is 366 g/mol. The minimum Gasteiger partial charge on any atom is -0.497 e.